The third-order valence-electron chi connectivity index (χ3n) is 3.35. The summed E-state index contributed by atoms with van der Waals surface area (Å²) in [5, 5.41) is 4.38. The van der Waals surface area contributed by atoms with Crippen LogP contribution in [0.15, 0.2) is 0 Å². The molecule has 0 aromatic carbocycles. The van der Waals surface area contributed by atoms with Gasteiger partial charge in [0.2, 0.25) is 0 Å². The molecule has 0 aliphatic carbocycles. The lowest BCUT2D eigenvalue weighted by Crippen LogP contribution is -2.43. The molecule has 1 aliphatic heterocycles. The number of thioether (sulfide) groups is 1. The molecule has 0 spiro atoms. The van der Waals surface area contributed by atoms with Crippen molar-refractivity contribution in [3.8, 4) is 0 Å². The Morgan fingerprint density at radius 3 is 2.71 bits per heavy atom. The van der Waals surface area contributed by atoms with Crippen LogP contribution in [0.5, 0.6) is 0 Å². The standard InChI is InChI=1S/C14H30N2S/c1-12(7-6-8-15-14(3,4)5)16-9-10-17-13(2)11-16/h12-13,15H,6-11H2,1-5H3. The molecule has 0 saturated carbocycles. The Bertz CT molecular complexity index is 213. The minimum absolute atomic E-state index is 0.263. The van der Waals surface area contributed by atoms with E-state index in [1.54, 1.807) is 0 Å². The van der Waals surface area contributed by atoms with Crippen LogP contribution < -0.4 is 5.32 Å². The van der Waals surface area contributed by atoms with E-state index >= 15 is 0 Å². The third kappa shape index (κ3) is 6.68. The van der Waals surface area contributed by atoms with Crippen molar-refractivity contribution in [3.63, 3.8) is 0 Å². The molecule has 2 nitrogen and oxygen atoms in total. The zero-order chi connectivity index (χ0) is 12.9. The molecule has 102 valence electrons. The summed E-state index contributed by atoms with van der Waals surface area (Å²) in [5.74, 6) is 1.31. The van der Waals surface area contributed by atoms with Crippen LogP contribution in [0.2, 0.25) is 0 Å². The van der Waals surface area contributed by atoms with Gasteiger partial charge in [0.1, 0.15) is 0 Å². The maximum Gasteiger partial charge on any atom is 0.0147 e. The highest BCUT2D eigenvalue weighted by molar-refractivity contribution is 7.99. The Labute approximate surface area is 112 Å². The minimum atomic E-state index is 0.263. The van der Waals surface area contributed by atoms with E-state index in [1.807, 2.05) is 0 Å². The van der Waals surface area contributed by atoms with Gasteiger partial charge in [-0.15, -0.1) is 0 Å². The Morgan fingerprint density at radius 1 is 1.41 bits per heavy atom. The van der Waals surface area contributed by atoms with Crippen molar-refractivity contribution in [1.29, 1.82) is 0 Å². The molecule has 3 heteroatoms. The highest BCUT2D eigenvalue weighted by Gasteiger charge is 2.20. The van der Waals surface area contributed by atoms with E-state index in [9.17, 15) is 0 Å². The van der Waals surface area contributed by atoms with Gasteiger partial charge in [-0.05, 0) is 47.1 Å². The molecular weight excluding hydrogens is 228 g/mol. The van der Waals surface area contributed by atoms with Gasteiger partial charge in [0.05, 0.1) is 0 Å². The third-order valence-corrected chi connectivity index (χ3v) is 4.49. The van der Waals surface area contributed by atoms with Gasteiger partial charge in [-0.25, -0.2) is 0 Å². The molecule has 1 fully saturated rings. The van der Waals surface area contributed by atoms with Gasteiger partial charge in [0, 0.05) is 35.7 Å². The predicted octanol–water partition coefficient (Wildman–Crippen LogP) is 2.98. The van der Waals surface area contributed by atoms with Crippen LogP contribution in [-0.4, -0.2) is 47.1 Å². The van der Waals surface area contributed by atoms with Gasteiger partial charge in [0.15, 0.2) is 0 Å². The average molecular weight is 258 g/mol. The molecular formula is C14H30N2S. The largest absolute Gasteiger partial charge is 0.312 e. The summed E-state index contributed by atoms with van der Waals surface area (Å²) in [7, 11) is 0. The van der Waals surface area contributed by atoms with E-state index in [0.717, 1.165) is 17.8 Å². The second kappa shape index (κ2) is 7.01. The molecule has 0 aromatic heterocycles. The normalized spacial score (nSPS) is 24.9. The number of nitrogens with zero attached hydrogens (tertiary/aromatic N) is 1. The number of hydrogen-bond acceptors (Lipinski definition) is 3. The number of rotatable bonds is 5. The quantitative estimate of drug-likeness (QED) is 0.763. The summed E-state index contributed by atoms with van der Waals surface area (Å²) in [6.07, 6.45) is 2.61. The van der Waals surface area contributed by atoms with Gasteiger partial charge in [0.25, 0.3) is 0 Å². The fraction of sp³-hybridized carbons (Fsp3) is 1.00. The summed E-state index contributed by atoms with van der Waals surface area (Å²) in [6.45, 7) is 15.2. The van der Waals surface area contributed by atoms with Crippen molar-refractivity contribution in [1.82, 2.24) is 10.2 Å². The first kappa shape index (κ1) is 15.3. The van der Waals surface area contributed by atoms with Crippen LogP contribution in [0, 0.1) is 0 Å². The summed E-state index contributed by atoms with van der Waals surface area (Å²) in [6, 6.07) is 0.750. The Hall–Kier alpha value is 0.270. The van der Waals surface area contributed by atoms with E-state index < -0.39 is 0 Å². The number of nitrogens with one attached hydrogen (secondary N) is 1. The lowest BCUT2D eigenvalue weighted by molar-refractivity contribution is 0.204. The lowest BCUT2D eigenvalue weighted by atomic mass is 10.1. The van der Waals surface area contributed by atoms with Crippen molar-refractivity contribution in [2.45, 2.75) is 64.3 Å². The second-order valence-corrected chi connectivity index (χ2v) is 7.89. The zero-order valence-electron chi connectivity index (χ0n) is 12.3. The molecule has 1 rings (SSSR count). The van der Waals surface area contributed by atoms with E-state index in [0.29, 0.717) is 0 Å². The fourth-order valence-electron chi connectivity index (χ4n) is 2.29. The molecule has 1 aliphatic rings. The van der Waals surface area contributed by atoms with Gasteiger partial charge >= 0.3 is 0 Å². The van der Waals surface area contributed by atoms with Crippen LogP contribution in [0.3, 0.4) is 0 Å². The smallest absolute Gasteiger partial charge is 0.0147 e. The van der Waals surface area contributed by atoms with E-state index in [2.05, 4.69) is 56.6 Å². The predicted molar refractivity (Wildman–Crippen MR) is 79.9 cm³/mol. The van der Waals surface area contributed by atoms with Gasteiger partial charge in [-0.3, -0.25) is 4.90 Å². The molecule has 0 bridgehead atoms. The first-order valence-corrected chi connectivity index (χ1v) is 8.04. The van der Waals surface area contributed by atoms with E-state index in [1.165, 1.54) is 31.7 Å². The molecule has 1 N–H and O–H groups in total. The first-order chi connectivity index (χ1) is 7.88. The molecule has 2 unspecified atom stereocenters. The lowest BCUT2D eigenvalue weighted by Gasteiger charge is -2.35. The van der Waals surface area contributed by atoms with Crippen LogP contribution in [-0.2, 0) is 0 Å². The molecule has 0 radical (unpaired) electrons. The molecule has 1 heterocycles. The van der Waals surface area contributed by atoms with Crippen molar-refractivity contribution < 1.29 is 0 Å². The monoisotopic (exact) mass is 258 g/mol. The highest BCUT2D eigenvalue weighted by Crippen LogP contribution is 2.20. The summed E-state index contributed by atoms with van der Waals surface area (Å²) in [4.78, 5) is 2.66. The van der Waals surface area contributed by atoms with Crippen LogP contribution >= 0.6 is 11.8 Å². The van der Waals surface area contributed by atoms with E-state index in [-0.39, 0.29) is 5.54 Å². The molecule has 2 atom stereocenters. The van der Waals surface area contributed by atoms with Gasteiger partial charge < -0.3 is 5.32 Å². The SMILES string of the molecule is CC1CN(C(C)CCCNC(C)(C)C)CCS1. The highest BCUT2D eigenvalue weighted by atomic mass is 32.2. The maximum absolute atomic E-state index is 3.57. The van der Waals surface area contributed by atoms with Crippen LogP contribution in [0.4, 0.5) is 0 Å². The second-order valence-electron chi connectivity index (χ2n) is 6.34. The van der Waals surface area contributed by atoms with Crippen LogP contribution in [0.25, 0.3) is 0 Å². The maximum atomic E-state index is 3.57. The fourth-order valence-corrected chi connectivity index (χ4v) is 3.33. The summed E-state index contributed by atoms with van der Waals surface area (Å²) >= 11 is 2.12. The van der Waals surface area contributed by atoms with Gasteiger partial charge in [-0.2, -0.15) is 11.8 Å². The zero-order valence-corrected chi connectivity index (χ0v) is 13.1. The first-order valence-electron chi connectivity index (χ1n) is 6.99. The summed E-state index contributed by atoms with van der Waals surface area (Å²) < 4.78 is 0. The van der Waals surface area contributed by atoms with Gasteiger partial charge in [-0.1, -0.05) is 6.92 Å². The van der Waals surface area contributed by atoms with Crippen molar-refractivity contribution in [3.05, 3.63) is 0 Å². The Kier molecular flexibility index (Phi) is 6.32. The molecule has 0 amide bonds. The molecule has 1 saturated heterocycles. The summed E-state index contributed by atoms with van der Waals surface area (Å²) in [5.41, 5.74) is 0.263. The average Bonchev–Trinajstić information content (AvgIpc) is 2.23. The Balaban J connectivity index is 2.14. The number of hydrogen-bond donors (Lipinski definition) is 1. The van der Waals surface area contributed by atoms with Crippen molar-refractivity contribution in [2.75, 3.05) is 25.4 Å². The van der Waals surface area contributed by atoms with E-state index in [4.69, 9.17) is 0 Å². The minimum Gasteiger partial charge on any atom is -0.312 e. The van der Waals surface area contributed by atoms with Crippen molar-refractivity contribution in [2.24, 2.45) is 0 Å². The van der Waals surface area contributed by atoms with Crippen molar-refractivity contribution >= 4 is 11.8 Å². The van der Waals surface area contributed by atoms with Crippen LogP contribution in [0.1, 0.15) is 47.5 Å². The molecule has 0 aromatic rings. The topological polar surface area (TPSA) is 15.3 Å². The Morgan fingerprint density at radius 2 is 2.12 bits per heavy atom. The molecule has 17 heavy (non-hydrogen) atoms.